The van der Waals surface area contributed by atoms with Crippen LogP contribution in [0.2, 0.25) is 0 Å². The maximum atomic E-state index is 14.0. The number of aliphatic imine (C=N–C) groups is 1. The van der Waals surface area contributed by atoms with Crippen molar-refractivity contribution in [3.8, 4) is 5.75 Å². The summed E-state index contributed by atoms with van der Waals surface area (Å²) in [5.74, 6) is -3.94. The molecule has 0 bridgehead atoms. The Morgan fingerprint density at radius 2 is 1.47 bits per heavy atom. The Bertz CT molecular complexity index is 2150. The van der Waals surface area contributed by atoms with Gasteiger partial charge in [0.2, 0.25) is 29.6 Å². The zero-order chi connectivity index (χ0) is 49.6. The minimum atomic E-state index is -4.16. The highest BCUT2D eigenvalue weighted by molar-refractivity contribution is 7.90. The number of sulfonamides is 1. The minimum Gasteiger partial charge on any atom is -0.487 e. The van der Waals surface area contributed by atoms with Crippen LogP contribution in [0, 0.1) is 26.7 Å². The van der Waals surface area contributed by atoms with Gasteiger partial charge in [0.1, 0.15) is 35.5 Å². The van der Waals surface area contributed by atoms with Gasteiger partial charge in [0.25, 0.3) is 10.0 Å². The van der Waals surface area contributed by atoms with Crippen molar-refractivity contribution < 1.29 is 47.0 Å². The largest absolute Gasteiger partial charge is 0.487 e. The van der Waals surface area contributed by atoms with Crippen LogP contribution in [0.5, 0.6) is 5.75 Å². The van der Waals surface area contributed by atoms with E-state index in [2.05, 4.69) is 37.9 Å². The van der Waals surface area contributed by atoms with Crippen molar-refractivity contribution in [1.29, 1.82) is 0 Å². The van der Waals surface area contributed by atoms with E-state index in [0.29, 0.717) is 35.3 Å². The van der Waals surface area contributed by atoms with E-state index >= 15 is 0 Å². The molecule has 0 fully saturated rings. The van der Waals surface area contributed by atoms with Crippen molar-refractivity contribution in [2.24, 2.45) is 16.6 Å². The number of carboxylic acids is 1. The summed E-state index contributed by atoms with van der Waals surface area (Å²) in [6, 6.07) is 3.84. The molecule has 0 saturated carbocycles. The number of fused-ring (bicyclic) bond motifs is 1. The van der Waals surface area contributed by atoms with Gasteiger partial charge < -0.3 is 41.6 Å². The Balaban J connectivity index is 1.78. The highest BCUT2D eigenvalue weighted by Crippen LogP contribution is 2.43. The molecule has 0 radical (unpaired) electrons. The second-order valence-corrected chi connectivity index (χ2v) is 20.8. The summed E-state index contributed by atoms with van der Waals surface area (Å²) in [6.07, 6.45) is 5.51. The zero-order valence-corrected chi connectivity index (χ0v) is 41.6. The molecule has 8 N–H and O–H groups in total. The molecule has 0 aliphatic carbocycles. The predicted molar refractivity (Wildman–Crippen MR) is 255 cm³/mol. The molecule has 1 aliphatic rings. The monoisotopic (exact) mass is 942 g/mol. The smallest absolute Gasteiger partial charge is 0.326 e. The van der Waals surface area contributed by atoms with Crippen LogP contribution in [0.25, 0.3) is 0 Å². The summed E-state index contributed by atoms with van der Waals surface area (Å²) in [4.78, 5) is 71.4. The van der Waals surface area contributed by atoms with Gasteiger partial charge in [0.05, 0.1) is 17.1 Å². The van der Waals surface area contributed by atoms with E-state index in [1.165, 1.54) is 0 Å². The van der Waals surface area contributed by atoms with Crippen LogP contribution in [-0.4, -0.2) is 97.6 Å². The highest BCUT2D eigenvalue weighted by atomic mass is 32.2. The Hall–Kier alpha value is -5.23. The number of carboxylic acid groups (broad SMARTS) is 1. The van der Waals surface area contributed by atoms with Crippen LogP contribution in [0.3, 0.4) is 0 Å². The van der Waals surface area contributed by atoms with Crippen molar-refractivity contribution in [2.45, 2.75) is 181 Å². The lowest BCUT2D eigenvalue weighted by Gasteiger charge is -2.29. The first-order chi connectivity index (χ1) is 30.8. The highest BCUT2D eigenvalue weighted by Gasteiger charge is 2.37. The third-order valence-electron chi connectivity index (χ3n) is 11.4. The molecule has 3 rings (SSSR count). The number of carbonyl (C=O) groups excluding carboxylic acids is 4. The number of unbranched alkanes of at least 4 members (excludes halogenated alkanes) is 4. The Morgan fingerprint density at radius 3 is 2.08 bits per heavy atom. The molecule has 66 heavy (non-hydrogen) atoms. The van der Waals surface area contributed by atoms with E-state index in [1.807, 2.05) is 20.8 Å². The van der Waals surface area contributed by atoms with E-state index in [-0.39, 0.29) is 55.6 Å². The minimum absolute atomic E-state index is 0.00404. The topological polar surface area (TPSA) is 257 Å². The number of nitrogens with zero attached hydrogens (tertiary/aromatic N) is 1. The standard InChI is InChI=1S/C48H75N7O10S/c1-12-13-14-15-19-24-38(56)51-35(23-20-25-50-46(49)55-66(62,63)41-31(5)30(4)40-34(32(41)6)27-48(10,11)65-40)42(57)54-39(29(2)3)44(59)53-37(28-64-47(7,8)9)43(58)52-36(45(60)61)26-33-21-17-16-18-22-33/h16-18,21-22,29,35-37,39H,12-15,19-20,23-28H2,1-11H3,(H,51,56)(H,52,58)(H,53,59)(H,54,57)(H,60,61)(H3,49,50,55). The molecule has 1 aliphatic heterocycles. The van der Waals surface area contributed by atoms with Gasteiger partial charge in [-0.2, -0.15) is 0 Å². The summed E-state index contributed by atoms with van der Waals surface area (Å²) in [5, 5.41) is 20.7. The van der Waals surface area contributed by atoms with Gasteiger partial charge in [0.15, 0.2) is 0 Å². The van der Waals surface area contributed by atoms with Crippen LogP contribution >= 0.6 is 0 Å². The summed E-state index contributed by atoms with van der Waals surface area (Å²) in [5.41, 5.74) is 8.27. The van der Waals surface area contributed by atoms with Gasteiger partial charge in [-0.05, 0) is 103 Å². The molecule has 4 unspecified atom stereocenters. The fourth-order valence-corrected chi connectivity index (χ4v) is 9.20. The second-order valence-electron chi connectivity index (χ2n) is 19.2. The maximum absolute atomic E-state index is 14.0. The fourth-order valence-electron chi connectivity index (χ4n) is 7.68. The molecule has 2 aromatic carbocycles. The van der Waals surface area contributed by atoms with Crippen molar-refractivity contribution in [3.05, 3.63) is 58.1 Å². The van der Waals surface area contributed by atoms with E-state index in [4.69, 9.17) is 15.2 Å². The number of hydrogen-bond acceptors (Lipinski definition) is 10. The molecule has 1 heterocycles. The number of guanidine groups is 1. The summed E-state index contributed by atoms with van der Waals surface area (Å²) in [6.45, 7) is 19.7. The average molecular weight is 942 g/mol. The number of amides is 4. The SMILES string of the molecule is CCCCCCCC(=O)NC(CCCN=C(N)NS(=O)(=O)c1c(C)c(C)c2c(c1C)CC(C)(C)O2)C(=O)NC(C(=O)NC(COC(C)(C)C)C(=O)NC(Cc1ccccc1)C(=O)O)C(C)C. The molecular weight excluding hydrogens is 867 g/mol. The number of nitrogens with two attached hydrogens (primary N) is 1. The number of benzene rings is 2. The summed E-state index contributed by atoms with van der Waals surface area (Å²) in [7, 11) is -4.16. The lowest BCUT2D eigenvalue weighted by Crippen LogP contribution is -2.60. The van der Waals surface area contributed by atoms with E-state index in [9.17, 15) is 37.5 Å². The number of carbonyl (C=O) groups is 5. The number of aliphatic carboxylic acids is 1. The van der Waals surface area contributed by atoms with Crippen LogP contribution in [-0.2, 0) is 51.6 Å². The Kier molecular flexibility index (Phi) is 20.5. The lowest BCUT2D eigenvalue weighted by molar-refractivity contribution is -0.143. The van der Waals surface area contributed by atoms with Crippen LogP contribution in [0.15, 0.2) is 40.2 Å². The Labute approximate surface area is 391 Å². The summed E-state index contributed by atoms with van der Waals surface area (Å²) < 4.78 is 41.9. The van der Waals surface area contributed by atoms with Gasteiger partial charge >= 0.3 is 5.97 Å². The van der Waals surface area contributed by atoms with Crippen LogP contribution in [0.4, 0.5) is 0 Å². The second kappa shape index (κ2) is 24.5. The molecular formula is C48H75N7O10S. The zero-order valence-electron chi connectivity index (χ0n) is 40.8. The molecule has 0 saturated heterocycles. The summed E-state index contributed by atoms with van der Waals surface area (Å²) >= 11 is 0. The molecule has 0 aromatic heterocycles. The molecule has 17 nitrogen and oxygen atoms in total. The molecule has 2 aromatic rings. The number of ether oxygens (including phenoxy) is 2. The lowest BCUT2D eigenvalue weighted by atomic mass is 9.94. The van der Waals surface area contributed by atoms with Crippen molar-refractivity contribution in [2.75, 3.05) is 13.2 Å². The van der Waals surface area contributed by atoms with E-state index in [1.54, 1.807) is 78.8 Å². The number of rotatable bonds is 25. The number of hydrogen-bond donors (Lipinski definition) is 7. The fraction of sp³-hybridized carbons (Fsp3) is 0.625. The van der Waals surface area contributed by atoms with Gasteiger partial charge in [-0.1, -0.05) is 76.8 Å². The third kappa shape index (κ3) is 16.9. The van der Waals surface area contributed by atoms with Crippen molar-refractivity contribution in [1.82, 2.24) is 26.0 Å². The molecule has 0 spiro atoms. The van der Waals surface area contributed by atoms with E-state index in [0.717, 1.165) is 36.8 Å². The van der Waals surface area contributed by atoms with E-state index < -0.39 is 75.0 Å². The van der Waals surface area contributed by atoms with Crippen molar-refractivity contribution >= 4 is 45.6 Å². The maximum Gasteiger partial charge on any atom is 0.326 e. The first-order valence-electron chi connectivity index (χ1n) is 23.0. The molecule has 4 amide bonds. The quantitative estimate of drug-likeness (QED) is 0.0405. The number of nitrogens with one attached hydrogen (secondary N) is 5. The van der Waals surface area contributed by atoms with Gasteiger partial charge in [-0.15, -0.1) is 0 Å². The molecule has 4 atom stereocenters. The molecule has 368 valence electrons. The normalized spacial score (nSPS) is 15.4. The average Bonchev–Trinajstić information content (AvgIpc) is 3.56. The van der Waals surface area contributed by atoms with Crippen molar-refractivity contribution in [3.63, 3.8) is 0 Å². The van der Waals surface area contributed by atoms with Crippen LogP contribution in [0.1, 0.15) is 135 Å². The molecule has 18 heteroatoms. The van der Waals surface area contributed by atoms with Gasteiger partial charge in [-0.25, -0.2) is 17.9 Å². The first kappa shape index (κ1) is 55.1. The third-order valence-corrected chi connectivity index (χ3v) is 13.0. The Morgan fingerprint density at radius 1 is 0.848 bits per heavy atom. The van der Waals surface area contributed by atoms with Gasteiger partial charge in [0, 0.05) is 31.4 Å². The first-order valence-corrected chi connectivity index (χ1v) is 24.5. The predicted octanol–water partition coefficient (Wildman–Crippen LogP) is 4.80. The van der Waals surface area contributed by atoms with Gasteiger partial charge in [-0.3, -0.25) is 24.2 Å². The van der Waals surface area contributed by atoms with Crippen LogP contribution < -0.4 is 36.5 Å².